The first kappa shape index (κ1) is 54.8. The number of unbranched alkanes of at least 4 members (excludes halogenated alkanes) is 20. The van der Waals surface area contributed by atoms with Crippen LogP contribution in [0, 0.1) is 5.92 Å². The van der Waals surface area contributed by atoms with Crippen molar-refractivity contribution in [2.75, 3.05) is 65.8 Å². The van der Waals surface area contributed by atoms with E-state index in [1.807, 2.05) is 0 Å². The number of hydrogen-bond acceptors (Lipinski definition) is 8. The van der Waals surface area contributed by atoms with Crippen LogP contribution >= 0.6 is 0 Å². The molecule has 0 bridgehead atoms. The lowest BCUT2D eigenvalue weighted by Gasteiger charge is -2.36. The van der Waals surface area contributed by atoms with Crippen LogP contribution in [0.5, 0.6) is 0 Å². The molecule has 1 aliphatic rings. The molecule has 0 radical (unpaired) electrons. The van der Waals surface area contributed by atoms with Crippen molar-refractivity contribution in [1.29, 1.82) is 0 Å². The average molecular weight is 823 g/mol. The lowest BCUT2D eigenvalue weighted by molar-refractivity contribution is -0.146. The Morgan fingerprint density at radius 3 is 1.64 bits per heavy atom. The van der Waals surface area contributed by atoms with Crippen LogP contribution in [0.25, 0.3) is 0 Å². The molecular formula is C50H98N2O6. The summed E-state index contributed by atoms with van der Waals surface area (Å²) in [5, 5.41) is 9.82. The van der Waals surface area contributed by atoms with Crippen molar-refractivity contribution in [2.45, 2.75) is 239 Å². The smallest absolute Gasteiger partial charge is 0.308 e. The molecule has 344 valence electrons. The number of aliphatic hydroxyl groups is 1. The van der Waals surface area contributed by atoms with E-state index >= 15 is 0 Å². The summed E-state index contributed by atoms with van der Waals surface area (Å²) >= 11 is 0. The van der Waals surface area contributed by atoms with Crippen molar-refractivity contribution >= 4 is 11.9 Å². The number of hydrogen-bond donors (Lipinski definition) is 1. The normalized spacial score (nSPS) is 13.6. The van der Waals surface area contributed by atoms with Gasteiger partial charge in [0.2, 0.25) is 0 Å². The number of nitrogens with zero attached hydrogens (tertiary/aromatic N) is 2. The molecule has 0 aromatic rings. The van der Waals surface area contributed by atoms with Crippen molar-refractivity contribution in [2.24, 2.45) is 5.92 Å². The first-order valence-corrected chi connectivity index (χ1v) is 25.5. The second-order valence-electron chi connectivity index (χ2n) is 17.8. The Balaban J connectivity index is 2.33. The van der Waals surface area contributed by atoms with Crippen LogP contribution in [0.15, 0.2) is 0 Å². The molecule has 0 spiro atoms. The molecule has 0 unspecified atom stereocenters. The van der Waals surface area contributed by atoms with Gasteiger partial charge in [-0.25, -0.2) is 0 Å². The van der Waals surface area contributed by atoms with E-state index in [-0.39, 0.29) is 18.5 Å². The molecule has 8 heteroatoms. The van der Waals surface area contributed by atoms with Gasteiger partial charge in [-0.3, -0.25) is 19.4 Å². The van der Waals surface area contributed by atoms with E-state index in [1.165, 1.54) is 167 Å². The van der Waals surface area contributed by atoms with Gasteiger partial charge in [-0.2, -0.15) is 0 Å². The van der Waals surface area contributed by atoms with E-state index < -0.39 is 0 Å². The molecule has 1 fully saturated rings. The lowest BCUT2D eigenvalue weighted by Crippen LogP contribution is -2.43. The Bertz CT molecular complexity index is 868. The number of ether oxygens (including phenoxy) is 3. The van der Waals surface area contributed by atoms with Crippen LogP contribution in [-0.4, -0.2) is 98.6 Å². The first-order chi connectivity index (χ1) is 28.5. The molecule has 58 heavy (non-hydrogen) atoms. The van der Waals surface area contributed by atoms with E-state index in [4.69, 9.17) is 14.2 Å². The maximum atomic E-state index is 12.7. The number of rotatable bonds is 44. The number of carbonyl (C=O) groups is 2. The Kier molecular flexibility index (Phi) is 40.1. The van der Waals surface area contributed by atoms with Crippen LogP contribution in [0.1, 0.15) is 233 Å². The highest BCUT2D eigenvalue weighted by atomic mass is 16.5. The fraction of sp³-hybridized carbons (Fsp3) is 0.960. The fourth-order valence-electron chi connectivity index (χ4n) is 8.57. The van der Waals surface area contributed by atoms with Crippen LogP contribution in [-0.2, 0) is 23.8 Å². The molecule has 1 saturated carbocycles. The summed E-state index contributed by atoms with van der Waals surface area (Å²) in [6, 6.07) is 0.629. The van der Waals surface area contributed by atoms with Crippen molar-refractivity contribution in [3.8, 4) is 0 Å². The minimum atomic E-state index is -0.141. The SMILES string of the molecule is CCCCCCCCCCCOC(=O)CCCCCN(CCN(CCO)CCOCCC(=O)OCC(CCCCCCCC)CCCCCCCC)C1CCCCC1. The maximum Gasteiger partial charge on any atom is 0.308 e. The highest BCUT2D eigenvalue weighted by molar-refractivity contribution is 5.69. The van der Waals surface area contributed by atoms with E-state index in [1.54, 1.807) is 0 Å². The minimum absolute atomic E-state index is 0.0336. The Morgan fingerprint density at radius 1 is 0.517 bits per heavy atom. The topological polar surface area (TPSA) is 88.5 Å². The monoisotopic (exact) mass is 823 g/mol. The number of carbonyl (C=O) groups excluding carboxylic acids is 2. The van der Waals surface area contributed by atoms with Crippen LogP contribution in [0.3, 0.4) is 0 Å². The molecule has 0 heterocycles. The van der Waals surface area contributed by atoms with Gasteiger partial charge in [-0.05, 0) is 57.4 Å². The molecular weight excluding hydrogens is 725 g/mol. The molecule has 1 N–H and O–H groups in total. The Hall–Kier alpha value is -1.22. The largest absolute Gasteiger partial charge is 0.466 e. The summed E-state index contributed by atoms with van der Waals surface area (Å²) in [7, 11) is 0. The van der Waals surface area contributed by atoms with Crippen LogP contribution < -0.4 is 0 Å². The Labute approximate surface area is 360 Å². The highest BCUT2D eigenvalue weighted by Crippen LogP contribution is 2.24. The predicted molar refractivity (Wildman–Crippen MR) is 244 cm³/mol. The van der Waals surface area contributed by atoms with Gasteiger partial charge in [0.05, 0.1) is 39.5 Å². The summed E-state index contributed by atoms with van der Waals surface area (Å²) in [5.41, 5.74) is 0. The fourth-order valence-corrected chi connectivity index (χ4v) is 8.57. The number of esters is 2. The van der Waals surface area contributed by atoms with Crippen molar-refractivity contribution < 1.29 is 28.9 Å². The molecule has 0 aliphatic heterocycles. The van der Waals surface area contributed by atoms with Crippen molar-refractivity contribution in [3.05, 3.63) is 0 Å². The van der Waals surface area contributed by atoms with Gasteiger partial charge in [0, 0.05) is 38.6 Å². The van der Waals surface area contributed by atoms with Crippen LogP contribution in [0.2, 0.25) is 0 Å². The third-order valence-electron chi connectivity index (χ3n) is 12.5. The van der Waals surface area contributed by atoms with Gasteiger partial charge < -0.3 is 19.3 Å². The second-order valence-corrected chi connectivity index (χ2v) is 17.8. The van der Waals surface area contributed by atoms with E-state index in [9.17, 15) is 14.7 Å². The molecule has 1 aliphatic carbocycles. The van der Waals surface area contributed by atoms with Gasteiger partial charge in [0.15, 0.2) is 0 Å². The zero-order chi connectivity index (χ0) is 42.0. The van der Waals surface area contributed by atoms with Gasteiger partial charge in [-0.15, -0.1) is 0 Å². The summed E-state index contributed by atoms with van der Waals surface area (Å²) in [6.07, 6.45) is 39.8. The quantitative estimate of drug-likeness (QED) is 0.0480. The second kappa shape index (κ2) is 42.5. The first-order valence-electron chi connectivity index (χ1n) is 25.5. The van der Waals surface area contributed by atoms with E-state index in [2.05, 4.69) is 30.6 Å². The molecule has 1 rings (SSSR count). The van der Waals surface area contributed by atoms with Gasteiger partial charge in [0.25, 0.3) is 0 Å². The lowest BCUT2D eigenvalue weighted by atomic mass is 9.94. The third-order valence-corrected chi connectivity index (χ3v) is 12.5. The number of aliphatic hydroxyl groups excluding tert-OH is 1. The predicted octanol–water partition coefficient (Wildman–Crippen LogP) is 12.6. The average Bonchev–Trinajstić information content (AvgIpc) is 3.23. The molecule has 0 saturated heterocycles. The summed E-state index contributed by atoms with van der Waals surface area (Å²) in [4.78, 5) is 30.0. The van der Waals surface area contributed by atoms with Gasteiger partial charge in [0.1, 0.15) is 0 Å². The molecule has 0 atom stereocenters. The standard InChI is InChI=1S/C50H98N2O6/c1-4-7-10-13-16-17-18-21-30-43-57-49(54)35-28-23-29-37-52(48-33-26-22-27-34-48)39-38-51(40-42-53)41-45-56-44-36-50(55)58-46-47(31-24-19-14-11-8-5-2)32-25-20-15-12-9-6-3/h47-48,53H,4-46H2,1-3H3. The van der Waals surface area contributed by atoms with Gasteiger partial charge in [-0.1, -0.05) is 175 Å². The van der Waals surface area contributed by atoms with Crippen LogP contribution in [0.4, 0.5) is 0 Å². The zero-order valence-corrected chi connectivity index (χ0v) is 38.9. The third kappa shape index (κ3) is 34.5. The van der Waals surface area contributed by atoms with Crippen molar-refractivity contribution in [1.82, 2.24) is 9.80 Å². The molecule has 8 nitrogen and oxygen atoms in total. The summed E-state index contributed by atoms with van der Waals surface area (Å²) in [6.45, 7) is 13.3. The molecule has 0 aromatic carbocycles. The van der Waals surface area contributed by atoms with E-state index in [0.717, 1.165) is 58.3 Å². The van der Waals surface area contributed by atoms with E-state index in [0.29, 0.717) is 57.8 Å². The molecule has 0 aromatic heterocycles. The minimum Gasteiger partial charge on any atom is -0.466 e. The summed E-state index contributed by atoms with van der Waals surface area (Å²) in [5.74, 6) is 0.302. The molecule has 0 amide bonds. The van der Waals surface area contributed by atoms with Crippen molar-refractivity contribution in [3.63, 3.8) is 0 Å². The Morgan fingerprint density at radius 2 is 1.05 bits per heavy atom. The maximum absolute atomic E-state index is 12.7. The van der Waals surface area contributed by atoms with Gasteiger partial charge >= 0.3 is 11.9 Å². The zero-order valence-electron chi connectivity index (χ0n) is 38.9. The highest BCUT2D eigenvalue weighted by Gasteiger charge is 2.21. The summed E-state index contributed by atoms with van der Waals surface area (Å²) < 4.78 is 17.3.